The monoisotopic (exact) mass is 246 g/mol. The molecule has 0 bridgehead atoms. The zero-order valence-corrected chi connectivity index (χ0v) is 11.2. The first-order chi connectivity index (χ1) is 8.36. The van der Waals surface area contributed by atoms with Gasteiger partial charge >= 0.3 is 0 Å². The van der Waals surface area contributed by atoms with Gasteiger partial charge in [-0.3, -0.25) is 9.68 Å². The number of hydrogen-bond acceptors (Lipinski definition) is 5. The second kappa shape index (κ2) is 9.79. The number of nitrogens with zero attached hydrogens (tertiary/aromatic N) is 2. The minimum atomic E-state index is 0.764. The fourth-order valence-electron chi connectivity index (χ4n) is 1.86. The summed E-state index contributed by atoms with van der Waals surface area (Å²) in [7, 11) is 0. The molecule has 102 valence electrons. The lowest BCUT2D eigenvalue weighted by Gasteiger charge is -2.24. The molecule has 2 aliphatic rings. The van der Waals surface area contributed by atoms with Crippen LogP contribution in [0, 0.1) is 0 Å². The van der Waals surface area contributed by atoms with Gasteiger partial charge in [-0.15, -0.1) is 0 Å². The molecule has 0 unspecified atom stereocenters. The highest BCUT2D eigenvalue weighted by Gasteiger charge is 2.09. The van der Waals surface area contributed by atoms with Crippen LogP contribution in [-0.4, -0.2) is 62.7 Å². The molecule has 2 aliphatic heterocycles. The average Bonchev–Trinajstić information content (AvgIpc) is 2.85. The van der Waals surface area contributed by atoms with Crippen molar-refractivity contribution in [1.82, 2.24) is 10.1 Å². The highest BCUT2D eigenvalue weighted by Crippen LogP contribution is 2.06. The van der Waals surface area contributed by atoms with Crippen LogP contribution in [0.2, 0.25) is 0 Å². The Labute approximate surface area is 105 Å². The van der Waals surface area contributed by atoms with Crippen LogP contribution in [0.25, 0.3) is 0 Å². The van der Waals surface area contributed by atoms with E-state index in [1.165, 1.54) is 12.8 Å². The van der Waals surface area contributed by atoms with Crippen LogP contribution in [0.5, 0.6) is 0 Å². The van der Waals surface area contributed by atoms with E-state index < -0.39 is 0 Å². The van der Waals surface area contributed by atoms with E-state index in [-0.39, 0.29) is 0 Å². The van der Waals surface area contributed by atoms with Gasteiger partial charge < -0.3 is 4.74 Å². The van der Waals surface area contributed by atoms with E-state index >= 15 is 0 Å². The highest BCUT2D eigenvalue weighted by molar-refractivity contribution is 4.56. The molecule has 0 atom stereocenters. The van der Waals surface area contributed by atoms with Gasteiger partial charge in [0.15, 0.2) is 0 Å². The highest BCUT2D eigenvalue weighted by atomic mass is 16.7. The molecule has 0 aromatic carbocycles. The third kappa shape index (κ3) is 6.95. The topological polar surface area (TPSA) is 34.2 Å². The summed E-state index contributed by atoms with van der Waals surface area (Å²) in [6.07, 6.45) is 2.61. The Morgan fingerprint density at radius 1 is 0.824 bits per heavy atom. The Kier molecular flexibility index (Phi) is 8.56. The summed E-state index contributed by atoms with van der Waals surface area (Å²) < 4.78 is 5.12. The normalized spacial score (nSPS) is 22.2. The largest absolute Gasteiger partial charge is 0.379 e. The van der Waals surface area contributed by atoms with Crippen LogP contribution in [0.15, 0.2) is 0 Å². The van der Waals surface area contributed by atoms with E-state index in [0.29, 0.717) is 0 Å². The van der Waals surface area contributed by atoms with Gasteiger partial charge in [-0.2, -0.15) is 10.1 Å². The van der Waals surface area contributed by atoms with Crippen molar-refractivity contribution < 1.29 is 14.4 Å². The van der Waals surface area contributed by atoms with Gasteiger partial charge in [-0.25, -0.2) is 0 Å². The first-order valence-corrected chi connectivity index (χ1v) is 6.70. The van der Waals surface area contributed by atoms with Crippen molar-refractivity contribution in [2.45, 2.75) is 26.7 Å². The first-order valence-electron chi connectivity index (χ1n) is 6.70. The Bertz CT molecular complexity index is 166. The molecule has 0 aliphatic carbocycles. The van der Waals surface area contributed by atoms with E-state index in [1.54, 1.807) is 0 Å². The van der Waals surface area contributed by atoms with Crippen molar-refractivity contribution in [2.75, 3.05) is 52.6 Å². The van der Waals surface area contributed by atoms with E-state index in [0.717, 1.165) is 52.6 Å². The summed E-state index contributed by atoms with van der Waals surface area (Å²) in [4.78, 5) is 10.5. The first kappa shape index (κ1) is 14.9. The second-order valence-corrected chi connectivity index (χ2v) is 4.01. The Balaban J connectivity index is 0.000000171. The molecular weight excluding hydrogens is 220 g/mol. The summed E-state index contributed by atoms with van der Waals surface area (Å²) in [5.74, 6) is 0. The average molecular weight is 246 g/mol. The smallest absolute Gasteiger partial charge is 0.0656 e. The van der Waals surface area contributed by atoms with Gasteiger partial charge in [0.2, 0.25) is 0 Å². The quantitative estimate of drug-likeness (QED) is 0.747. The van der Waals surface area contributed by atoms with Crippen molar-refractivity contribution in [3.63, 3.8) is 0 Å². The lowest BCUT2D eigenvalue weighted by Crippen LogP contribution is -2.36. The van der Waals surface area contributed by atoms with Crippen LogP contribution < -0.4 is 0 Å². The van der Waals surface area contributed by atoms with Gasteiger partial charge in [0, 0.05) is 26.2 Å². The molecule has 5 heteroatoms. The van der Waals surface area contributed by atoms with Crippen LogP contribution in [0.4, 0.5) is 0 Å². The molecule has 0 aromatic heterocycles. The molecule has 0 amide bonds. The lowest BCUT2D eigenvalue weighted by atomic mass is 10.4. The van der Waals surface area contributed by atoms with Crippen molar-refractivity contribution in [2.24, 2.45) is 0 Å². The van der Waals surface area contributed by atoms with Gasteiger partial charge in [0.25, 0.3) is 0 Å². The molecule has 2 rings (SSSR count). The number of hydroxylamine groups is 4. The predicted molar refractivity (Wildman–Crippen MR) is 66.5 cm³/mol. The SMILES string of the molecule is CCON1CCCC1.CCON1CCOCC1. The molecule has 0 aromatic rings. The summed E-state index contributed by atoms with van der Waals surface area (Å²) >= 11 is 0. The zero-order valence-electron chi connectivity index (χ0n) is 11.2. The summed E-state index contributed by atoms with van der Waals surface area (Å²) in [5, 5.41) is 3.99. The van der Waals surface area contributed by atoms with Crippen LogP contribution in [-0.2, 0) is 14.4 Å². The van der Waals surface area contributed by atoms with Crippen LogP contribution in [0.3, 0.4) is 0 Å². The number of ether oxygens (including phenoxy) is 1. The fraction of sp³-hybridized carbons (Fsp3) is 1.00. The van der Waals surface area contributed by atoms with Crippen LogP contribution >= 0.6 is 0 Å². The molecule has 2 saturated heterocycles. The van der Waals surface area contributed by atoms with Crippen molar-refractivity contribution in [1.29, 1.82) is 0 Å². The second-order valence-electron chi connectivity index (χ2n) is 4.01. The molecule has 2 fully saturated rings. The minimum Gasteiger partial charge on any atom is -0.379 e. The van der Waals surface area contributed by atoms with Crippen molar-refractivity contribution >= 4 is 0 Å². The maximum absolute atomic E-state index is 5.24. The standard InChI is InChI=1S/C6H13NO2.C6H13NO/c1-2-9-7-3-5-8-6-4-7;1-2-8-7-5-3-4-6-7/h2-6H2,1H3;2-6H2,1H3. The molecular formula is C12H26N2O3. The van der Waals surface area contributed by atoms with Gasteiger partial charge in [-0.1, -0.05) is 0 Å². The van der Waals surface area contributed by atoms with Crippen molar-refractivity contribution in [3.05, 3.63) is 0 Å². The molecule has 0 saturated carbocycles. The lowest BCUT2D eigenvalue weighted by molar-refractivity contribution is -0.190. The Hall–Kier alpha value is -0.200. The van der Waals surface area contributed by atoms with E-state index in [1.807, 2.05) is 24.0 Å². The third-order valence-electron chi connectivity index (χ3n) is 2.66. The molecule has 0 spiro atoms. The van der Waals surface area contributed by atoms with Crippen molar-refractivity contribution in [3.8, 4) is 0 Å². The molecule has 5 nitrogen and oxygen atoms in total. The zero-order chi connectivity index (χ0) is 12.3. The van der Waals surface area contributed by atoms with Gasteiger partial charge in [0.05, 0.1) is 26.4 Å². The van der Waals surface area contributed by atoms with Gasteiger partial charge in [-0.05, 0) is 26.7 Å². The maximum Gasteiger partial charge on any atom is 0.0656 e. The maximum atomic E-state index is 5.24. The minimum absolute atomic E-state index is 0.764. The molecule has 0 radical (unpaired) electrons. The fourth-order valence-corrected chi connectivity index (χ4v) is 1.86. The number of morpholine rings is 1. The van der Waals surface area contributed by atoms with E-state index in [2.05, 4.69) is 0 Å². The molecule has 2 heterocycles. The number of hydrogen-bond donors (Lipinski definition) is 0. The molecule has 17 heavy (non-hydrogen) atoms. The predicted octanol–water partition coefficient (Wildman–Crippen LogP) is 1.30. The Morgan fingerprint density at radius 3 is 1.76 bits per heavy atom. The molecule has 0 N–H and O–H groups in total. The third-order valence-corrected chi connectivity index (χ3v) is 2.66. The van der Waals surface area contributed by atoms with E-state index in [4.69, 9.17) is 14.4 Å². The van der Waals surface area contributed by atoms with E-state index in [9.17, 15) is 0 Å². The number of rotatable bonds is 4. The Morgan fingerprint density at radius 2 is 1.29 bits per heavy atom. The summed E-state index contributed by atoms with van der Waals surface area (Å²) in [5.41, 5.74) is 0. The summed E-state index contributed by atoms with van der Waals surface area (Å²) in [6, 6.07) is 0. The van der Waals surface area contributed by atoms with Gasteiger partial charge in [0.1, 0.15) is 0 Å². The van der Waals surface area contributed by atoms with Crippen LogP contribution in [0.1, 0.15) is 26.7 Å². The summed E-state index contributed by atoms with van der Waals surface area (Å²) in [6.45, 7) is 11.3.